The SMILES string of the molecule is Cc1ccc(-c2nnn(CC(=O)N(CC3CCCO3)C(C(=O)NC3CCCC3)c3ccc(Cl)cc3)n2)o1. The smallest absolute Gasteiger partial charge is 0.247 e. The van der Waals surface area contributed by atoms with Crippen LogP contribution in [0.15, 0.2) is 40.8 Å². The number of ether oxygens (including phenoxy) is 1. The second-order valence-corrected chi connectivity index (χ2v) is 10.1. The van der Waals surface area contributed by atoms with E-state index in [1.165, 1.54) is 4.80 Å². The Hall–Kier alpha value is -3.24. The summed E-state index contributed by atoms with van der Waals surface area (Å²) < 4.78 is 11.4. The van der Waals surface area contributed by atoms with Crippen LogP contribution in [-0.2, 0) is 20.9 Å². The summed E-state index contributed by atoms with van der Waals surface area (Å²) in [4.78, 5) is 30.3. The van der Waals surface area contributed by atoms with E-state index < -0.39 is 6.04 Å². The van der Waals surface area contributed by atoms with Crippen LogP contribution in [0, 0.1) is 6.92 Å². The molecule has 3 aromatic rings. The summed E-state index contributed by atoms with van der Waals surface area (Å²) in [5, 5.41) is 16.1. The molecule has 0 radical (unpaired) electrons. The van der Waals surface area contributed by atoms with Crippen molar-refractivity contribution in [3.8, 4) is 11.6 Å². The Morgan fingerprint density at radius 2 is 1.92 bits per heavy atom. The molecule has 11 heteroatoms. The molecule has 10 nitrogen and oxygen atoms in total. The molecular weight excluding hydrogens is 496 g/mol. The summed E-state index contributed by atoms with van der Waals surface area (Å²) in [6.45, 7) is 2.57. The topological polar surface area (TPSA) is 115 Å². The molecule has 2 amide bonds. The quantitative estimate of drug-likeness (QED) is 0.452. The van der Waals surface area contributed by atoms with E-state index in [-0.39, 0.29) is 37.0 Å². The van der Waals surface area contributed by atoms with Crippen molar-refractivity contribution in [3.63, 3.8) is 0 Å². The molecule has 2 atom stereocenters. The first-order chi connectivity index (χ1) is 18.0. The van der Waals surface area contributed by atoms with Crippen molar-refractivity contribution in [3.05, 3.63) is 52.7 Å². The molecule has 1 saturated heterocycles. The van der Waals surface area contributed by atoms with Gasteiger partial charge in [0, 0.05) is 24.2 Å². The van der Waals surface area contributed by atoms with Crippen molar-refractivity contribution in [1.29, 1.82) is 0 Å². The van der Waals surface area contributed by atoms with Crippen LogP contribution in [0.2, 0.25) is 5.02 Å². The predicted molar refractivity (Wildman–Crippen MR) is 136 cm³/mol. The van der Waals surface area contributed by atoms with Crippen molar-refractivity contribution in [2.24, 2.45) is 0 Å². The van der Waals surface area contributed by atoms with Crippen LogP contribution >= 0.6 is 11.6 Å². The van der Waals surface area contributed by atoms with Crippen molar-refractivity contribution >= 4 is 23.4 Å². The van der Waals surface area contributed by atoms with E-state index in [1.54, 1.807) is 35.2 Å². The lowest BCUT2D eigenvalue weighted by Crippen LogP contribution is -2.49. The number of nitrogens with zero attached hydrogens (tertiary/aromatic N) is 5. The Morgan fingerprint density at radius 1 is 1.14 bits per heavy atom. The van der Waals surface area contributed by atoms with Crippen molar-refractivity contribution in [2.45, 2.75) is 70.2 Å². The minimum absolute atomic E-state index is 0.110. The maximum atomic E-state index is 13.8. The van der Waals surface area contributed by atoms with E-state index in [4.69, 9.17) is 20.8 Å². The zero-order valence-corrected chi connectivity index (χ0v) is 21.6. The molecule has 3 heterocycles. The number of benzene rings is 1. The number of furan rings is 1. The van der Waals surface area contributed by atoms with Gasteiger partial charge in [0.15, 0.2) is 5.76 Å². The highest BCUT2D eigenvalue weighted by Crippen LogP contribution is 2.28. The first-order valence-corrected chi connectivity index (χ1v) is 13.2. The van der Waals surface area contributed by atoms with Crippen LogP contribution in [-0.4, -0.2) is 62.2 Å². The van der Waals surface area contributed by atoms with Gasteiger partial charge in [0.25, 0.3) is 0 Å². The fraction of sp³-hybridized carbons (Fsp3) is 0.500. The number of carbonyl (C=O) groups excluding carboxylic acids is 2. The fourth-order valence-electron chi connectivity index (χ4n) is 5.00. The molecular formula is C26H31ClN6O4. The average Bonchev–Trinajstić information content (AvgIpc) is 3.69. The van der Waals surface area contributed by atoms with E-state index in [1.807, 2.05) is 13.0 Å². The highest BCUT2D eigenvalue weighted by atomic mass is 35.5. The standard InChI is InChI=1S/C26H31ClN6O4/c1-17-8-13-22(37-17)25-29-31-33(30-25)16-23(34)32(15-21-7-4-14-36-21)24(18-9-11-19(27)12-10-18)26(35)28-20-5-2-3-6-20/h8-13,20-21,24H,2-7,14-16H2,1H3,(H,28,35). The van der Waals surface area contributed by atoms with Gasteiger partial charge in [0.1, 0.15) is 18.3 Å². The predicted octanol–water partition coefficient (Wildman–Crippen LogP) is 3.70. The van der Waals surface area contributed by atoms with Gasteiger partial charge in [0.2, 0.25) is 17.6 Å². The van der Waals surface area contributed by atoms with Gasteiger partial charge in [-0.15, -0.1) is 10.2 Å². The largest absolute Gasteiger partial charge is 0.458 e. The molecule has 1 saturated carbocycles. The summed E-state index contributed by atoms with van der Waals surface area (Å²) in [7, 11) is 0. The van der Waals surface area contributed by atoms with Crippen LogP contribution in [0.25, 0.3) is 11.6 Å². The first-order valence-electron chi connectivity index (χ1n) is 12.8. The summed E-state index contributed by atoms with van der Waals surface area (Å²) in [6, 6.07) is 9.89. The minimum Gasteiger partial charge on any atom is -0.458 e. The first kappa shape index (κ1) is 25.4. The molecule has 1 aliphatic carbocycles. The van der Waals surface area contributed by atoms with E-state index in [2.05, 4.69) is 20.7 Å². The number of nitrogens with one attached hydrogen (secondary N) is 1. The van der Waals surface area contributed by atoms with Crippen LogP contribution in [0.3, 0.4) is 0 Å². The van der Waals surface area contributed by atoms with Crippen molar-refractivity contribution in [2.75, 3.05) is 13.2 Å². The van der Waals surface area contributed by atoms with Gasteiger partial charge in [-0.1, -0.05) is 36.6 Å². The van der Waals surface area contributed by atoms with Crippen molar-refractivity contribution in [1.82, 2.24) is 30.4 Å². The number of halogens is 1. The number of aromatic nitrogens is 4. The molecule has 2 unspecified atom stereocenters. The number of amides is 2. The van der Waals surface area contributed by atoms with Gasteiger partial charge in [-0.05, 0) is 67.6 Å². The molecule has 1 aromatic carbocycles. The fourth-order valence-corrected chi connectivity index (χ4v) is 5.13. The third-order valence-corrected chi connectivity index (χ3v) is 7.13. The highest BCUT2D eigenvalue weighted by Gasteiger charge is 2.35. The molecule has 0 bridgehead atoms. The maximum Gasteiger partial charge on any atom is 0.247 e. The van der Waals surface area contributed by atoms with E-state index >= 15 is 0 Å². The van der Waals surface area contributed by atoms with Crippen LogP contribution in [0.4, 0.5) is 0 Å². The number of rotatable bonds is 9. The Morgan fingerprint density at radius 3 is 2.59 bits per heavy atom. The monoisotopic (exact) mass is 526 g/mol. The summed E-state index contributed by atoms with van der Waals surface area (Å²) in [5.74, 6) is 0.974. The number of carbonyl (C=O) groups is 2. The summed E-state index contributed by atoms with van der Waals surface area (Å²) in [6.07, 6.45) is 5.65. The third kappa shape index (κ3) is 6.19. The average molecular weight is 527 g/mol. The Kier molecular flexibility index (Phi) is 7.85. The van der Waals surface area contributed by atoms with Crippen molar-refractivity contribution < 1.29 is 18.7 Å². The summed E-state index contributed by atoms with van der Waals surface area (Å²) in [5.41, 5.74) is 0.685. The van der Waals surface area contributed by atoms with Crippen LogP contribution in [0.1, 0.15) is 55.9 Å². The zero-order chi connectivity index (χ0) is 25.8. The molecule has 196 valence electrons. The van der Waals surface area contributed by atoms with Gasteiger partial charge >= 0.3 is 0 Å². The van der Waals surface area contributed by atoms with E-state index in [0.29, 0.717) is 28.8 Å². The van der Waals surface area contributed by atoms with Gasteiger partial charge in [-0.25, -0.2) is 0 Å². The normalized spacial score (nSPS) is 18.7. The van der Waals surface area contributed by atoms with Crippen LogP contribution in [0.5, 0.6) is 0 Å². The number of tetrazole rings is 1. The van der Waals surface area contributed by atoms with E-state index in [9.17, 15) is 9.59 Å². The molecule has 2 aromatic heterocycles. The van der Waals surface area contributed by atoms with Gasteiger partial charge < -0.3 is 19.4 Å². The molecule has 0 spiro atoms. The number of hydrogen-bond donors (Lipinski definition) is 1. The lowest BCUT2D eigenvalue weighted by Gasteiger charge is -2.33. The van der Waals surface area contributed by atoms with Gasteiger partial charge in [-0.2, -0.15) is 4.80 Å². The minimum atomic E-state index is -0.842. The van der Waals surface area contributed by atoms with E-state index in [0.717, 1.165) is 44.3 Å². The Labute approximate surface area is 220 Å². The lowest BCUT2D eigenvalue weighted by molar-refractivity contribution is -0.143. The third-order valence-electron chi connectivity index (χ3n) is 6.88. The molecule has 5 rings (SSSR count). The highest BCUT2D eigenvalue weighted by molar-refractivity contribution is 6.30. The van der Waals surface area contributed by atoms with Gasteiger partial charge in [-0.3, -0.25) is 9.59 Å². The Balaban J connectivity index is 1.42. The molecule has 37 heavy (non-hydrogen) atoms. The zero-order valence-electron chi connectivity index (χ0n) is 20.8. The lowest BCUT2D eigenvalue weighted by atomic mass is 10.0. The molecule has 2 aliphatic rings. The second kappa shape index (κ2) is 11.4. The Bertz CT molecular complexity index is 1210. The number of hydrogen-bond acceptors (Lipinski definition) is 7. The molecule has 1 aliphatic heterocycles. The number of aryl methyl sites for hydroxylation is 1. The van der Waals surface area contributed by atoms with Crippen LogP contribution < -0.4 is 5.32 Å². The maximum absolute atomic E-state index is 13.8. The van der Waals surface area contributed by atoms with Gasteiger partial charge in [0.05, 0.1) is 6.10 Å². The molecule has 2 fully saturated rings. The molecule has 1 N–H and O–H groups in total. The second-order valence-electron chi connectivity index (χ2n) is 9.68. The summed E-state index contributed by atoms with van der Waals surface area (Å²) >= 11 is 6.14.